The molecular weight excluding hydrogens is 216 g/mol. The van der Waals surface area contributed by atoms with Crippen molar-refractivity contribution in [1.82, 2.24) is 9.97 Å². The average molecular weight is 236 g/mol. The summed E-state index contributed by atoms with van der Waals surface area (Å²) in [6.45, 7) is 5.26. The average Bonchev–Trinajstić information content (AvgIpc) is 3.14. The lowest BCUT2D eigenvalue weighted by Crippen LogP contribution is -2.31. The van der Waals surface area contributed by atoms with Crippen molar-refractivity contribution in [1.29, 1.82) is 0 Å². The second kappa shape index (κ2) is 5.31. The zero-order valence-electron chi connectivity index (χ0n) is 10.4. The summed E-state index contributed by atoms with van der Waals surface area (Å²) in [5.74, 6) is 2.15. The molecule has 1 fully saturated rings. The van der Waals surface area contributed by atoms with Crippen LogP contribution in [-0.4, -0.2) is 29.2 Å². The molecule has 0 aromatic carbocycles. The molecule has 2 rings (SSSR count). The van der Waals surface area contributed by atoms with Crippen molar-refractivity contribution in [3.05, 3.63) is 11.9 Å². The van der Waals surface area contributed by atoms with E-state index in [2.05, 4.69) is 15.3 Å². The first-order chi connectivity index (χ1) is 8.22. The molecule has 94 valence electrons. The fraction of sp³-hybridized carbons (Fsp3) is 0.667. The SMILES string of the molecule is CCOc1ncnc(NCC(N)C2CC2)c1C. The summed E-state index contributed by atoms with van der Waals surface area (Å²) in [6.07, 6.45) is 4.04. The Kier molecular flexibility index (Phi) is 3.78. The summed E-state index contributed by atoms with van der Waals surface area (Å²) in [5, 5.41) is 3.28. The lowest BCUT2D eigenvalue weighted by molar-refractivity contribution is 0.324. The van der Waals surface area contributed by atoms with E-state index in [1.807, 2.05) is 13.8 Å². The van der Waals surface area contributed by atoms with Crippen LogP contribution in [0.25, 0.3) is 0 Å². The maximum atomic E-state index is 6.04. The Bertz CT molecular complexity index is 379. The second-order valence-electron chi connectivity index (χ2n) is 4.47. The van der Waals surface area contributed by atoms with Crippen LogP contribution in [0.1, 0.15) is 25.3 Å². The van der Waals surface area contributed by atoms with Gasteiger partial charge in [0.1, 0.15) is 12.1 Å². The van der Waals surface area contributed by atoms with Crippen LogP contribution in [0.3, 0.4) is 0 Å². The molecule has 0 aliphatic heterocycles. The summed E-state index contributed by atoms with van der Waals surface area (Å²) < 4.78 is 5.42. The molecule has 1 aromatic rings. The smallest absolute Gasteiger partial charge is 0.221 e. The van der Waals surface area contributed by atoms with Crippen molar-refractivity contribution in [3.63, 3.8) is 0 Å². The monoisotopic (exact) mass is 236 g/mol. The van der Waals surface area contributed by atoms with Crippen molar-refractivity contribution in [2.24, 2.45) is 11.7 Å². The molecule has 1 saturated carbocycles. The van der Waals surface area contributed by atoms with Crippen molar-refractivity contribution >= 4 is 5.82 Å². The molecule has 5 nitrogen and oxygen atoms in total. The Hall–Kier alpha value is -1.36. The third-order valence-corrected chi connectivity index (χ3v) is 3.05. The van der Waals surface area contributed by atoms with Gasteiger partial charge >= 0.3 is 0 Å². The number of rotatable bonds is 6. The molecule has 0 bridgehead atoms. The minimum Gasteiger partial charge on any atom is -0.478 e. The molecule has 0 radical (unpaired) electrons. The number of ether oxygens (including phenoxy) is 1. The summed E-state index contributed by atoms with van der Waals surface area (Å²) >= 11 is 0. The molecule has 1 atom stereocenters. The van der Waals surface area contributed by atoms with Crippen LogP contribution in [0.4, 0.5) is 5.82 Å². The summed E-state index contributed by atoms with van der Waals surface area (Å²) in [4.78, 5) is 8.31. The largest absolute Gasteiger partial charge is 0.478 e. The van der Waals surface area contributed by atoms with Gasteiger partial charge in [0.25, 0.3) is 0 Å². The summed E-state index contributed by atoms with van der Waals surface area (Å²) in [5.41, 5.74) is 6.98. The first-order valence-electron chi connectivity index (χ1n) is 6.16. The molecule has 0 spiro atoms. The molecule has 5 heteroatoms. The Morgan fingerprint density at radius 1 is 1.53 bits per heavy atom. The van der Waals surface area contributed by atoms with E-state index >= 15 is 0 Å². The third-order valence-electron chi connectivity index (χ3n) is 3.05. The van der Waals surface area contributed by atoms with E-state index in [1.54, 1.807) is 0 Å². The van der Waals surface area contributed by atoms with Gasteiger partial charge in [0.15, 0.2) is 0 Å². The van der Waals surface area contributed by atoms with Crippen LogP contribution in [0.5, 0.6) is 5.88 Å². The Balaban J connectivity index is 1.96. The maximum Gasteiger partial charge on any atom is 0.221 e. The van der Waals surface area contributed by atoms with E-state index in [0.717, 1.165) is 17.9 Å². The first kappa shape index (κ1) is 12.1. The first-order valence-corrected chi connectivity index (χ1v) is 6.16. The molecule has 17 heavy (non-hydrogen) atoms. The zero-order chi connectivity index (χ0) is 12.3. The minimum atomic E-state index is 0.222. The molecule has 1 aliphatic rings. The minimum absolute atomic E-state index is 0.222. The van der Waals surface area contributed by atoms with Gasteiger partial charge < -0.3 is 15.8 Å². The van der Waals surface area contributed by atoms with Gasteiger partial charge in [0, 0.05) is 12.6 Å². The highest BCUT2D eigenvalue weighted by molar-refractivity contribution is 5.47. The van der Waals surface area contributed by atoms with E-state index in [9.17, 15) is 0 Å². The van der Waals surface area contributed by atoms with E-state index < -0.39 is 0 Å². The Morgan fingerprint density at radius 3 is 2.94 bits per heavy atom. The van der Waals surface area contributed by atoms with Crippen molar-refractivity contribution in [2.75, 3.05) is 18.5 Å². The van der Waals surface area contributed by atoms with E-state index in [-0.39, 0.29) is 6.04 Å². The molecule has 0 saturated heterocycles. The van der Waals surface area contributed by atoms with E-state index in [0.29, 0.717) is 18.4 Å². The number of nitrogens with one attached hydrogen (secondary N) is 1. The van der Waals surface area contributed by atoms with Crippen LogP contribution < -0.4 is 15.8 Å². The Morgan fingerprint density at radius 2 is 2.29 bits per heavy atom. The standard InChI is InChI=1S/C12H20N4O/c1-3-17-12-8(2)11(15-7-16-12)14-6-10(13)9-4-5-9/h7,9-10H,3-6,13H2,1-2H3,(H,14,15,16). The maximum absolute atomic E-state index is 6.04. The normalized spacial score (nSPS) is 16.6. The molecule has 0 amide bonds. The van der Waals surface area contributed by atoms with Gasteiger partial charge in [-0.1, -0.05) is 0 Å². The highest BCUT2D eigenvalue weighted by Gasteiger charge is 2.28. The van der Waals surface area contributed by atoms with Crippen LogP contribution in [-0.2, 0) is 0 Å². The van der Waals surface area contributed by atoms with Gasteiger partial charge in [0.05, 0.1) is 12.2 Å². The van der Waals surface area contributed by atoms with Crippen molar-refractivity contribution in [2.45, 2.75) is 32.7 Å². The quantitative estimate of drug-likeness (QED) is 0.779. The lowest BCUT2D eigenvalue weighted by atomic mass is 10.2. The van der Waals surface area contributed by atoms with Gasteiger partial charge in [-0.05, 0) is 32.6 Å². The molecule has 1 aromatic heterocycles. The molecular formula is C12H20N4O. The number of nitrogens with two attached hydrogens (primary N) is 1. The third kappa shape index (κ3) is 3.06. The van der Waals surface area contributed by atoms with Gasteiger partial charge in [-0.2, -0.15) is 0 Å². The Labute approximate surface area is 102 Å². The summed E-state index contributed by atoms with van der Waals surface area (Å²) in [7, 11) is 0. The zero-order valence-corrected chi connectivity index (χ0v) is 10.4. The predicted molar refractivity (Wildman–Crippen MR) is 67.1 cm³/mol. The highest BCUT2D eigenvalue weighted by atomic mass is 16.5. The van der Waals surface area contributed by atoms with E-state index in [4.69, 9.17) is 10.5 Å². The number of anilines is 1. The number of aromatic nitrogens is 2. The fourth-order valence-corrected chi connectivity index (χ4v) is 1.80. The van der Waals surface area contributed by atoms with Crippen LogP contribution in [0, 0.1) is 12.8 Å². The summed E-state index contributed by atoms with van der Waals surface area (Å²) in [6, 6.07) is 0.222. The van der Waals surface area contributed by atoms with Crippen LogP contribution in [0.2, 0.25) is 0 Å². The van der Waals surface area contributed by atoms with Gasteiger partial charge in [-0.3, -0.25) is 0 Å². The van der Waals surface area contributed by atoms with Crippen molar-refractivity contribution in [3.8, 4) is 5.88 Å². The highest BCUT2D eigenvalue weighted by Crippen LogP contribution is 2.31. The van der Waals surface area contributed by atoms with Crippen molar-refractivity contribution < 1.29 is 4.74 Å². The molecule has 1 heterocycles. The van der Waals surface area contributed by atoms with Crippen LogP contribution in [0.15, 0.2) is 6.33 Å². The van der Waals surface area contributed by atoms with Gasteiger partial charge in [-0.25, -0.2) is 9.97 Å². The van der Waals surface area contributed by atoms with E-state index in [1.165, 1.54) is 19.2 Å². The predicted octanol–water partition coefficient (Wildman–Crippen LogP) is 1.33. The lowest BCUT2D eigenvalue weighted by Gasteiger charge is -2.14. The topological polar surface area (TPSA) is 73.1 Å². The molecule has 3 N–H and O–H groups in total. The molecule has 1 unspecified atom stereocenters. The molecule has 1 aliphatic carbocycles. The second-order valence-corrected chi connectivity index (χ2v) is 4.47. The van der Waals surface area contributed by atoms with Crippen LogP contribution >= 0.6 is 0 Å². The van der Waals surface area contributed by atoms with Gasteiger partial charge in [0.2, 0.25) is 5.88 Å². The number of hydrogen-bond acceptors (Lipinski definition) is 5. The van der Waals surface area contributed by atoms with Gasteiger partial charge in [-0.15, -0.1) is 0 Å². The number of hydrogen-bond donors (Lipinski definition) is 2. The number of nitrogens with zero attached hydrogens (tertiary/aromatic N) is 2. The fourth-order valence-electron chi connectivity index (χ4n) is 1.80.